The number of benzene rings is 1. The molecule has 0 radical (unpaired) electrons. The molecule has 33 heavy (non-hydrogen) atoms. The molecule has 2 aromatic heterocycles. The van der Waals surface area contributed by atoms with Crippen LogP contribution in [0, 0.1) is 0 Å². The summed E-state index contributed by atoms with van der Waals surface area (Å²) in [5, 5.41) is 16.1. The summed E-state index contributed by atoms with van der Waals surface area (Å²) >= 11 is 0. The van der Waals surface area contributed by atoms with E-state index in [0.717, 1.165) is 0 Å². The first-order chi connectivity index (χ1) is 15.7. The molecule has 5 N–H and O–H groups in total. The van der Waals surface area contributed by atoms with Crippen molar-refractivity contribution in [1.82, 2.24) is 20.3 Å². The smallest absolute Gasteiger partial charge is 0.251 e. The number of pyridine rings is 1. The lowest BCUT2D eigenvalue weighted by Crippen LogP contribution is -2.46. The van der Waals surface area contributed by atoms with Crippen molar-refractivity contribution >= 4 is 22.8 Å². The second-order valence-corrected chi connectivity index (χ2v) is 8.72. The van der Waals surface area contributed by atoms with Crippen LogP contribution in [0.5, 0.6) is 5.75 Å². The Morgan fingerprint density at radius 1 is 1.30 bits per heavy atom. The summed E-state index contributed by atoms with van der Waals surface area (Å²) in [6.45, 7) is 4.53. The number of halogens is 1. The number of fused-ring (bicyclic) bond motifs is 1. The van der Waals surface area contributed by atoms with Crippen molar-refractivity contribution in [1.29, 1.82) is 0 Å². The number of nitrogens with two attached hydrogens (primary N) is 1. The molecule has 0 bridgehead atoms. The third kappa shape index (κ3) is 5.35. The highest BCUT2D eigenvalue weighted by Crippen LogP contribution is 2.29. The molecule has 1 saturated heterocycles. The van der Waals surface area contributed by atoms with Crippen molar-refractivity contribution < 1.29 is 19.0 Å². The lowest BCUT2D eigenvalue weighted by Gasteiger charge is -2.28. The van der Waals surface area contributed by atoms with E-state index in [1.165, 1.54) is 6.33 Å². The van der Waals surface area contributed by atoms with Gasteiger partial charge in [-0.1, -0.05) is 0 Å². The molecule has 4 rings (SSSR count). The number of carbonyl (C=O) groups is 1. The Labute approximate surface area is 190 Å². The minimum absolute atomic E-state index is 0.143. The summed E-state index contributed by atoms with van der Waals surface area (Å²) in [5.74, 6) is 0.272. The van der Waals surface area contributed by atoms with E-state index in [1.54, 1.807) is 44.2 Å². The fraction of sp³-hybridized carbons (Fsp3) is 0.391. The van der Waals surface area contributed by atoms with Crippen LogP contribution in [-0.4, -0.2) is 63.5 Å². The van der Waals surface area contributed by atoms with Gasteiger partial charge in [-0.15, -0.1) is 0 Å². The average molecular weight is 455 g/mol. The zero-order valence-corrected chi connectivity index (χ0v) is 18.5. The number of alkyl halides is 1. The molecule has 1 aliphatic heterocycles. The number of primary amides is 1. The van der Waals surface area contributed by atoms with E-state index in [-0.39, 0.29) is 12.2 Å². The number of ether oxygens (including phenoxy) is 1. The molecule has 1 fully saturated rings. The predicted octanol–water partition coefficient (Wildman–Crippen LogP) is 2.05. The Balaban J connectivity index is 1.71. The van der Waals surface area contributed by atoms with Gasteiger partial charge in [-0.25, -0.2) is 19.3 Å². The zero-order valence-electron chi connectivity index (χ0n) is 18.5. The van der Waals surface area contributed by atoms with Crippen molar-refractivity contribution in [2.45, 2.75) is 38.1 Å². The van der Waals surface area contributed by atoms with E-state index < -0.39 is 23.7 Å². The largest absolute Gasteiger partial charge is 0.491 e. The minimum atomic E-state index is -1.04. The van der Waals surface area contributed by atoms with Crippen molar-refractivity contribution in [3.63, 3.8) is 0 Å². The Morgan fingerprint density at radius 2 is 2.06 bits per heavy atom. The predicted molar refractivity (Wildman–Crippen MR) is 123 cm³/mol. The molecule has 0 unspecified atom stereocenters. The van der Waals surface area contributed by atoms with Crippen LogP contribution >= 0.6 is 0 Å². The van der Waals surface area contributed by atoms with Gasteiger partial charge < -0.3 is 26.2 Å². The number of amides is 1. The molecule has 2 atom stereocenters. The zero-order chi connectivity index (χ0) is 23.6. The Morgan fingerprint density at radius 3 is 2.73 bits per heavy atom. The quantitative estimate of drug-likeness (QED) is 0.426. The third-order valence-electron chi connectivity index (χ3n) is 5.32. The fourth-order valence-corrected chi connectivity index (χ4v) is 3.61. The van der Waals surface area contributed by atoms with Gasteiger partial charge in [-0.3, -0.25) is 4.79 Å². The normalized spacial score (nSPS) is 18.8. The number of carbonyl (C=O) groups excluding carboxylic acids is 1. The molecule has 9 nitrogen and oxygen atoms in total. The SMILES string of the molecule is CC(C)(O)COc1ccc(-c2cc(C(N)=O)c3ncnc(N[C@@H]4CNCC[C@@H]4F)c3n2)cc1. The topological polar surface area (TPSA) is 135 Å². The molecule has 174 valence electrons. The first-order valence-corrected chi connectivity index (χ1v) is 10.7. The van der Waals surface area contributed by atoms with Gasteiger partial charge in [0.2, 0.25) is 0 Å². The highest BCUT2D eigenvalue weighted by Gasteiger charge is 2.26. The second kappa shape index (κ2) is 9.24. The minimum Gasteiger partial charge on any atom is -0.491 e. The summed E-state index contributed by atoms with van der Waals surface area (Å²) in [7, 11) is 0. The van der Waals surface area contributed by atoms with Crippen LogP contribution in [0.3, 0.4) is 0 Å². The van der Waals surface area contributed by atoms with E-state index in [4.69, 9.17) is 10.5 Å². The van der Waals surface area contributed by atoms with Crippen molar-refractivity contribution in [3.8, 4) is 17.0 Å². The van der Waals surface area contributed by atoms with Gasteiger partial charge >= 0.3 is 0 Å². The van der Waals surface area contributed by atoms with Crippen LogP contribution in [-0.2, 0) is 0 Å². The van der Waals surface area contributed by atoms with Crippen LogP contribution in [0.1, 0.15) is 30.6 Å². The summed E-state index contributed by atoms with van der Waals surface area (Å²) in [6.07, 6.45) is 0.663. The Bertz CT molecular complexity index is 1150. The number of hydrogen-bond acceptors (Lipinski definition) is 8. The van der Waals surface area contributed by atoms with Gasteiger partial charge in [0.05, 0.1) is 22.9 Å². The highest BCUT2D eigenvalue weighted by molar-refractivity contribution is 6.06. The summed E-state index contributed by atoms with van der Waals surface area (Å²) < 4.78 is 20.0. The first kappa shape index (κ1) is 22.8. The first-order valence-electron chi connectivity index (χ1n) is 10.7. The number of aromatic nitrogens is 3. The summed E-state index contributed by atoms with van der Waals surface area (Å²) in [5.41, 5.74) is 6.71. The summed E-state index contributed by atoms with van der Waals surface area (Å²) in [6, 6.07) is 8.18. The molecular formula is C23H27FN6O3. The van der Waals surface area contributed by atoms with E-state index >= 15 is 0 Å². The van der Waals surface area contributed by atoms with E-state index in [9.17, 15) is 14.3 Å². The van der Waals surface area contributed by atoms with E-state index in [2.05, 4.69) is 25.6 Å². The van der Waals surface area contributed by atoms with Gasteiger partial charge in [-0.2, -0.15) is 0 Å². The van der Waals surface area contributed by atoms with Gasteiger partial charge in [0.15, 0.2) is 5.82 Å². The van der Waals surface area contributed by atoms with Crippen LogP contribution in [0.2, 0.25) is 0 Å². The van der Waals surface area contributed by atoms with Gasteiger partial charge in [0.1, 0.15) is 35.9 Å². The number of rotatable bonds is 7. The molecule has 1 aromatic carbocycles. The molecular weight excluding hydrogens is 427 g/mol. The van der Waals surface area contributed by atoms with Crippen LogP contribution in [0.4, 0.5) is 10.2 Å². The lowest BCUT2D eigenvalue weighted by atomic mass is 10.0. The second-order valence-electron chi connectivity index (χ2n) is 8.72. The molecule has 0 saturated carbocycles. The summed E-state index contributed by atoms with van der Waals surface area (Å²) in [4.78, 5) is 25.3. The molecule has 1 aliphatic rings. The van der Waals surface area contributed by atoms with Gasteiger partial charge in [0, 0.05) is 12.1 Å². The number of hydrogen-bond donors (Lipinski definition) is 4. The molecule has 0 spiro atoms. The maximum absolute atomic E-state index is 14.4. The molecule has 10 heteroatoms. The van der Waals surface area contributed by atoms with Gasteiger partial charge in [0.25, 0.3) is 5.91 Å². The fourth-order valence-electron chi connectivity index (χ4n) is 3.61. The van der Waals surface area contributed by atoms with E-state index in [0.29, 0.717) is 53.4 Å². The Kier molecular flexibility index (Phi) is 6.39. The van der Waals surface area contributed by atoms with Crippen molar-refractivity contribution in [2.24, 2.45) is 5.73 Å². The molecule has 1 amide bonds. The average Bonchev–Trinajstić information content (AvgIpc) is 2.78. The number of nitrogens with one attached hydrogen (secondary N) is 2. The number of nitrogens with zero attached hydrogens (tertiary/aromatic N) is 3. The standard InChI is InChI=1S/C23H27FN6O3/c1-23(2,32)11-33-14-5-3-13(4-6-14)17-9-15(21(25)31)19-20(29-17)22(28-12-27-19)30-18-10-26-8-7-16(18)24/h3-6,9,12,16,18,26,32H,7-8,10-11H2,1-2H3,(H2,25,31)(H,27,28,30)/t16-,18+/m0/s1. The Hall–Kier alpha value is -3.37. The van der Waals surface area contributed by atoms with Crippen LogP contribution < -0.4 is 21.1 Å². The number of anilines is 1. The maximum Gasteiger partial charge on any atom is 0.251 e. The molecule has 3 aromatic rings. The molecule has 0 aliphatic carbocycles. The third-order valence-corrected chi connectivity index (χ3v) is 5.32. The number of piperidine rings is 1. The highest BCUT2D eigenvalue weighted by atomic mass is 19.1. The van der Waals surface area contributed by atoms with Crippen LogP contribution in [0.25, 0.3) is 22.3 Å². The van der Waals surface area contributed by atoms with Crippen molar-refractivity contribution in [3.05, 3.63) is 42.2 Å². The van der Waals surface area contributed by atoms with E-state index in [1.807, 2.05) is 0 Å². The van der Waals surface area contributed by atoms with Crippen LogP contribution in [0.15, 0.2) is 36.7 Å². The number of aliphatic hydroxyl groups is 1. The van der Waals surface area contributed by atoms with Crippen molar-refractivity contribution in [2.75, 3.05) is 25.0 Å². The monoisotopic (exact) mass is 454 g/mol. The van der Waals surface area contributed by atoms with Gasteiger partial charge in [-0.05, 0) is 57.1 Å². The molecule has 3 heterocycles. The lowest BCUT2D eigenvalue weighted by molar-refractivity contribution is 0.0285. The maximum atomic E-state index is 14.4.